The number of benzene rings is 2. The molecule has 6 nitrogen and oxygen atoms in total. The van der Waals surface area contributed by atoms with Crippen molar-refractivity contribution in [2.45, 2.75) is 12.7 Å². The molecule has 0 fully saturated rings. The predicted octanol–water partition coefficient (Wildman–Crippen LogP) is 5.37. The van der Waals surface area contributed by atoms with Crippen LogP contribution in [0.2, 0.25) is 0 Å². The Labute approximate surface area is 178 Å². The van der Waals surface area contributed by atoms with E-state index in [1.165, 1.54) is 6.07 Å². The number of hydrogen-bond acceptors (Lipinski definition) is 5. The fraction of sp³-hybridized carbons (Fsp3) is 0.190. The highest BCUT2D eigenvalue weighted by Gasteiger charge is 2.31. The normalized spacial score (nSPS) is 12.3. The monoisotopic (exact) mass is 443 g/mol. The number of nitrogens with one attached hydrogen (secondary N) is 1. The Morgan fingerprint density at radius 2 is 1.97 bits per heavy atom. The minimum Gasteiger partial charge on any atom is -0.383 e. The first kappa shape index (κ1) is 19.7. The average Bonchev–Trinajstić information content (AvgIpc) is 3.48. The maximum Gasteiger partial charge on any atom is 0.416 e. The second-order valence-electron chi connectivity index (χ2n) is 6.95. The van der Waals surface area contributed by atoms with E-state index in [1.807, 2.05) is 18.2 Å². The number of thiazole rings is 1. The summed E-state index contributed by atoms with van der Waals surface area (Å²) in [7, 11) is 1.54. The lowest BCUT2D eigenvalue weighted by Gasteiger charge is -2.09. The van der Waals surface area contributed by atoms with E-state index in [9.17, 15) is 13.2 Å². The van der Waals surface area contributed by atoms with E-state index < -0.39 is 11.7 Å². The summed E-state index contributed by atoms with van der Waals surface area (Å²) in [5.41, 5.74) is 4.20. The van der Waals surface area contributed by atoms with Crippen LogP contribution in [-0.4, -0.2) is 38.2 Å². The van der Waals surface area contributed by atoms with Gasteiger partial charge in [-0.2, -0.15) is 13.2 Å². The molecule has 2 aromatic carbocycles. The van der Waals surface area contributed by atoms with E-state index in [2.05, 4.69) is 19.9 Å². The van der Waals surface area contributed by atoms with Crippen LogP contribution in [-0.2, 0) is 17.5 Å². The van der Waals surface area contributed by atoms with Crippen molar-refractivity contribution < 1.29 is 17.9 Å². The van der Waals surface area contributed by atoms with Gasteiger partial charge in [-0.15, -0.1) is 11.3 Å². The molecule has 0 atom stereocenters. The smallest absolute Gasteiger partial charge is 0.383 e. The lowest BCUT2D eigenvalue weighted by atomic mass is 10.2. The standard InChI is InChI=1S/C21H16F3N5OS/c1-30-7-6-29-17-9-13(21(22,23)24)3-4-14(17)28-20(29)16-10-25-19(27-16)12-2-5-18-15(8-12)26-11-31-18/h2-5,8-11H,6-7H2,1H3,(H,25,27). The molecule has 0 spiro atoms. The molecule has 0 aliphatic rings. The largest absolute Gasteiger partial charge is 0.416 e. The Balaban J connectivity index is 1.60. The Morgan fingerprint density at radius 1 is 1.10 bits per heavy atom. The molecule has 5 aromatic rings. The number of alkyl halides is 3. The second kappa shape index (κ2) is 7.47. The molecule has 3 heterocycles. The summed E-state index contributed by atoms with van der Waals surface area (Å²) < 4.78 is 47.6. The molecule has 0 saturated carbocycles. The lowest BCUT2D eigenvalue weighted by molar-refractivity contribution is -0.137. The molecule has 0 aliphatic carbocycles. The van der Waals surface area contributed by atoms with Gasteiger partial charge in [0.1, 0.15) is 11.5 Å². The fourth-order valence-electron chi connectivity index (χ4n) is 3.49. The van der Waals surface area contributed by atoms with E-state index in [0.29, 0.717) is 41.5 Å². The van der Waals surface area contributed by atoms with Crippen LogP contribution in [0.3, 0.4) is 0 Å². The van der Waals surface area contributed by atoms with Gasteiger partial charge in [0.15, 0.2) is 5.82 Å². The Hall–Kier alpha value is -3.24. The SMILES string of the molecule is COCCn1c(-c2c[nH]c(-c3ccc4scnc4c3)n2)nc2ccc(C(F)(F)F)cc21. The first-order valence-electron chi connectivity index (χ1n) is 9.40. The van der Waals surface area contributed by atoms with Crippen LogP contribution in [0.5, 0.6) is 0 Å². The van der Waals surface area contributed by atoms with Crippen LogP contribution in [0.15, 0.2) is 48.1 Å². The summed E-state index contributed by atoms with van der Waals surface area (Å²) in [6, 6.07) is 9.42. The highest BCUT2D eigenvalue weighted by Crippen LogP contribution is 2.33. The molecule has 0 radical (unpaired) electrons. The van der Waals surface area contributed by atoms with E-state index in [4.69, 9.17) is 4.74 Å². The zero-order valence-corrected chi connectivity index (χ0v) is 17.1. The number of nitrogens with zero attached hydrogens (tertiary/aromatic N) is 4. The number of ether oxygens (including phenoxy) is 1. The summed E-state index contributed by atoms with van der Waals surface area (Å²) in [5, 5.41) is 0. The van der Waals surface area contributed by atoms with Crippen molar-refractivity contribution in [3.63, 3.8) is 0 Å². The van der Waals surface area contributed by atoms with E-state index >= 15 is 0 Å². The zero-order chi connectivity index (χ0) is 21.6. The van der Waals surface area contributed by atoms with Crippen molar-refractivity contribution in [1.29, 1.82) is 0 Å². The molecular weight excluding hydrogens is 427 g/mol. The van der Waals surface area contributed by atoms with Crippen molar-refractivity contribution in [3.05, 3.63) is 53.7 Å². The van der Waals surface area contributed by atoms with Gasteiger partial charge in [-0.25, -0.2) is 15.0 Å². The van der Waals surface area contributed by atoms with Gasteiger partial charge >= 0.3 is 6.18 Å². The number of methoxy groups -OCH3 is 1. The van der Waals surface area contributed by atoms with Crippen LogP contribution >= 0.6 is 11.3 Å². The first-order chi connectivity index (χ1) is 14.9. The molecule has 158 valence electrons. The number of aromatic amines is 1. The Bertz CT molecular complexity index is 1380. The minimum absolute atomic E-state index is 0.326. The van der Waals surface area contributed by atoms with Crippen LogP contribution in [0, 0.1) is 0 Å². The second-order valence-corrected chi connectivity index (χ2v) is 7.84. The van der Waals surface area contributed by atoms with Gasteiger partial charge in [-0.1, -0.05) is 0 Å². The molecular formula is C21H16F3N5OS. The minimum atomic E-state index is -4.43. The summed E-state index contributed by atoms with van der Waals surface area (Å²) in [4.78, 5) is 16.7. The molecule has 10 heteroatoms. The third-order valence-electron chi connectivity index (χ3n) is 5.01. The molecule has 0 aliphatic heterocycles. The average molecular weight is 443 g/mol. The maximum atomic E-state index is 13.2. The molecule has 3 aromatic heterocycles. The van der Waals surface area contributed by atoms with Crippen molar-refractivity contribution in [2.24, 2.45) is 0 Å². The van der Waals surface area contributed by atoms with E-state index in [1.54, 1.807) is 34.7 Å². The third-order valence-corrected chi connectivity index (χ3v) is 5.82. The maximum absolute atomic E-state index is 13.2. The fourth-order valence-corrected chi connectivity index (χ4v) is 4.15. The zero-order valence-electron chi connectivity index (χ0n) is 16.3. The highest BCUT2D eigenvalue weighted by atomic mass is 32.1. The van der Waals surface area contributed by atoms with Crippen molar-refractivity contribution in [2.75, 3.05) is 13.7 Å². The molecule has 31 heavy (non-hydrogen) atoms. The van der Waals surface area contributed by atoms with Gasteiger partial charge < -0.3 is 14.3 Å². The Morgan fingerprint density at radius 3 is 2.77 bits per heavy atom. The predicted molar refractivity (Wildman–Crippen MR) is 113 cm³/mol. The number of halogens is 3. The van der Waals surface area contributed by atoms with Crippen LogP contribution in [0.4, 0.5) is 13.2 Å². The first-order valence-corrected chi connectivity index (χ1v) is 10.3. The van der Waals surface area contributed by atoms with E-state index in [0.717, 1.165) is 27.9 Å². The number of imidazole rings is 2. The van der Waals surface area contributed by atoms with Gasteiger partial charge in [0.25, 0.3) is 0 Å². The molecule has 1 N–H and O–H groups in total. The Kier molecular flexibility index (Phi) is 4.75. The van der Waals surface area contributed by atoms with Crippen LogP contribution in [0.1, 0.15) is 5.56 Å². The number of hydrogen-bond donors (Lipinski definition) is 1. The molecule has 0 bridgehead atoms. The molecule has 5 rings (SSSR count). The molecule has 0 amide bonds. The quantitative estimate of drug-likeness (QED) is 0.397. The van der Waals surface area contributed by atoms with Gasteiger partial charge in [0.05, 0.1) is 38.9 Å². The van der Waals surface area contributed by atoms with Crippen molar-refractivity contribution >= 4 is 32.6 Å². The summed E-state index contributed by atoms with van der Waals surface area (Å²) in [5.74, 6) is 1.11. The van der Waals surface area contributed by atoms with Gasteiger partial charge in [-0.3, -0.25) is 0 Å². The molecule has 0 unspecified atom stereocenters. The molecule has 0 saturated heterocycles. The summed E-state index contributed by atoms with van der Waals surface area (Å²) in [6.45, 7) is 0.670. The summed E-state index contributed by atoms with van der Waals surface area (Å²) >= 11 is 1.56. The van der Waals surface area contributed by atoms with Gasteiger partial charge in [-0.05, 0) is 36.4 Å². The van der Waals surface area contributed by atoms with Crippen molar-refractivity contribution in [1.82, 2.24) is 24.5 Å². The van der Waals surface area contributed by atoms with Crippen molar-refractivity contribution in [3.8, 4) is 22.9 Å². The number of aromatic nitrogens is 5. The van der Waals surface area contributed by atoms with Gasteiger partial charge in [0.2, 0.25) is 0 Å². The summed E-state index contributed by atoms with van der Waals surface area (Å²) in [6.07, 6.45) is -2.73. The van der Waals surface area contributed by atoms with Crippen LogP contribution in [0.25, 0.3) is 44.2 Å². The topological polar surface area (TPSA) is 68.6 Å². The van der Waals surface area contributed by atoms with Gasteiger partial charge in [0, 0.05) is 25.4 Å². The number of H-pyrrole nitrogens is 1. The van der Waals surface area contributed by atoms with Crippen LogP contribution < -0.4 is 0 Å². The lowest BCUT2D eigenvalue weighted by Crippen LogP contribution is -2.08. The number of fused-ring (bicyclic) bond motifs is 2. The third kappa shape index (κ3) is 3.57. The highest BCUT2D eigenvalue weighted by molar-refractivity contribution is 7.16. The number of rotatable bonds is 5. The van der Waals surface area contributed by atoms with E-state index in [-0.39, 0.29) is 0 Å².